The average Bonchev–Trinajstić information content (AvgIpc) is 2.44. The third-order valence-corrected chi connectivity index (χ3v) is 5.56. The van der Waals surface area contributed by atoms with Gasteiger partial charge < -0.3 is 10.8 Å². The molecule has 0 amide bonds. The fourth-order valence-electron chi connectivity index (χ4n) is 2.04. The van der Waals surface area contributed by atoms with E-state index in [0.29, 0.717) is 12.2 Å². The van der Waals surface area contributed by atoms with E-state index in [1.54, 1.807) is 6.07 Å². The zero-order valence-electron chi connectivity index (χ0n) is 12.3. The molecular formula is C14H23ClN2O3S. The van der Waals surface area contributed by atoms with Gasteiger partial charge in [-0.1, -0.05) is 37.8 Å². The lowest BCUT2D eigenvalue weighted by atomic mass is 10.2. The second kappa shape index (κ2) is 8.58. The van der Waals surface area contributed by atoms with Crippen LogP contribution in [0.1, 0.15) is 32.6 Å². The van der Waals surface area contributed by atoms with Crippen LogP contribution in [0.5, 0.6) is 0 Å². The van der Waals surface area contributed by atoms with Crippen LogP contribution in [0.4, 0.5) is 5.69 Å². The number of halogens is 1. The van der Waals surface area contributed by atoms with Crippen LogP contribution in [0.3, 0.4) is 0 Å². The number of rotatable bonds is 9. The van der Waals surface area contributed by atoms with Crippen LogP contribution in [0.15, 0.2) is 23.1 Å². The third kappa shape index (κ3) is 5.14. The summed E-state index contributed by atoms with van der Waals surface area (Å²) in [5.41, 5.74) is 5.99. The predicted octanol–water partition coefficient (Wildman–Crippen LogP) is 2.49. The smallest absolute Gasteiger partial charge is 0.244 e. The second-order valence-corrected chi connectivity index (χ2v) is 7.19. The lowest BCUT2D eigenvalue weighted by Gasteiger charge is -2.22. The van der Waals surface area contributed by atoms with E-state index in [1.807, 2.05) is 0 Å². The molecule has 1 aromatic rings. The molecule has 5 nitrogen and oxygen atoms in total. The predicted molar refractivity (Wildman–Crippen MR) is 85.9 cm³/mol. The van der Waals surface area contributed by atoms with E-state index >= 15 is 0 Å². The van der Waals surface area contributed by atoms with Crippen molar-refractivity contribution in [1.82, 2.24) is 4.31 Å². The molecular weight excluding hydrogens is 312 g/mol. The first-order valence-electron chi connectivity index (χ1n) is 7.09. The minimum absolute atomic E-state index is 0.00638. The number of nitrogens with zero attached hydrogens (tertiary/aromatic N) is 1. The van der Waals surface area contributed by atoms with Crippen LogP contribution in [0.25, 0.3) is 0 Å². The van der Waals surface area contributed by atoms with Gasteiger partial charge in [0, 0.05) is 18.8 Å². The van der Waals surface area contributed by atoms with Crippen LogP contribution in [0, 0.1) is 0 Å². The summed E-state index contributed by atoms with van der Waals surface area (Å²) in [6.07, 6.45) is 3.85. The summed E-state index contributed by atoms with van der Waals surface area (Å²) in [6.45, 7) is 2.29. The Balaban J connectivity index is 2.95. The largest absolute Gasteiger partial charge is 0.399 e. The minimum atomic E-state index is -3.74. The van der Waals surface area contributed by atoms with Gasteiger partial charge in [-0.3, -0.25) is 0 Å². The van der Waals surface area contributed by atoms with Crippen LogP contribution in [-0.2, 0) is 10.0 Å². The molecule has 0 aromatic heterocycles. The van der Waals surface area contributed by atoms with Crippen molar-refractivity contribution in [3.8, 4) is 0 Å². The molecule has 0 atom stereocenters. The summed E-state index contributed by atoms with van der Waals surface area (Å²) in [4.78, 5) is -0.00638. The standard InChI is InChI=1S/C14H23ClN2O3S/c1-2-3-4-5-8-17(9-10-18)21(19,20)14-11-12(16)6-7-13(14)15/h6-7,11,18H,2-5,8-10,16H2,1H3. The molecule has 120 valence electrons. The highest BCUT2D eigenvalue weighted by Crippen LogP contribution is 2.27. The number of nitrogen functional groups attached to an aromatic ring is 1. The quantitative estimate of drug-likeness (QED) is 0.537. The zero-order chi connectivity index (χ0) is 15.9. The van der Waals surface area contributed by atoms with Crippen molar-refractivity contribution in [3.05, 3.63) is 23.2 Å². The van der Waals surface area contributed by atoms with Crippen LogP contribution >= 0.6 is 11.6 Å². The van der Waals surface area contributed by atoms with Crippen molar-refractivity contribution in [2.45, 2.75) is 37.5 Å². The van der Waals surface area contributed by atoms with E-state index in [4.69, 9.17) is 22.4 Å². The number of anilines is 1. The summed E-state index contributed by atoms with van der Waals surface area (Å²) in [7, 11) is -3.74. The summed E-state index contributed by atoms with van der Waals surface area (Å²) in [6, 6.07) is 4.38. The molecule has 3 N–H and O–H groups in total. The number of unbranched alkanes of at least 4 members (excludes halogenated alkanes) is 3. The molecule has 1 rings (SSSR count). The molecule has 21 heavy (non-hydrogen) atoms. The van der Waals surface area contributed by atoms with E-state index in [0.717, 1.165) is 25.7 Å². The number of hydrogen-bond donors (Lipinski definition) is 2. The summed E-state index contributed by atoms with van der Waals surface area (Å²) in [5, 5.41) is 9.25. The number of hydrogen-bond acceptors (Lipinski definition) is 4. The van der Waals surface area contributed by atoms with Crippen molar-refractivity contribution < 1.29 is 13.5 Å². The highest BCUT2D eigenvalue weighted by Gasteiger charge is 2.26. The maximum atomic E-state index is 12.6. The highest BCUT2D eigenvalue weighted by molar-refractivity contribution is 7.89. The summed E-state index contributed by atoms with van der Waals surface area (Å²) in [5.74, 6) is 0. The van der Waals surface area contributed by atoms with Gasteiger partial charge in [-0.15, -0.1) is 0 Å². The van der Waals surface area contributed by atoms with Gasteiger partial charge in [-0.25, -0.2) is 8.42 Å². The monoisotopic (exact) mass is 334 g/mol. The van der Waals surface area contributed by atoms with E-state index in [1.165, 1.54) is 16.4 Å². The molecule has 0 aliphatic carbocycles. The lowest BCUT2D eigenvalue weighted by molar-refractivity contribution is 0.251. The van der Waals surface area contributed by atoms with Crippen molar-refractivity contribution in [2.75, 3.05) is 25.4 Å². The molecule has 0 bridgehead atoms. The third-order valence-electron chi connectivity index (χ3n) is 3.18. The normalized spacial score (nSPS) is 12.0. The first kappa shape index (κ1) is 18.2. The molecule has 0 unspecified atom stereocenters. The minimum Gasteiger partial charge on any atom is -0.399 e. The molecule has 0 radical (unpaired) electrons. The molecule has 0 aliphatic rings. The van der Waals surface area contributed by atoms with Crippen LogP contribution in [0.2, 0.25) is 5.02 Å². The Bertz CT molecular complexity index is 549. The van der Waals surface area contributed by atoms with Gasteiger partial charge in [-0.05, 0) is 24.6 Å². The Morgan fingerprint density at radius 3 is 2.57 bits per heavy atom. The van der Waals surface area contributed by atoms with Gasteiger partial charge in [0.15, 0.2) is 0 Å². The maximum absolute atomic E-state index is 12.6. The van der Waals surface area contributed by atoms with Crippen molar-refractivity contribution in [3.63, 3.8) is 0 Å². The summed E-state index contributed by atoms with van der Waals surface area (Å²) >= 11 is 5.98. The topological polar surface area (TPSA) is 83.6 Å². The molecule has 0 aliphatic heterocycles. The Labute approximate surface area is 131 Å². The number of aliphatic hydroxyl groups is 1. The fourth-order valence-corrected chi connectivity index (χ4v) is 4.01. The Morgan fingerprint density at radius 2 is 1.95 bits per heavy atom. The molecule has 0 fully saturated rings. The number of nitrogens with two attached hydrogens (primary N) is 1. The first-order chi connectivity index (χ1) is 9.93. The van der Waals surface area contributed by atoms with Gasteiger partial charge in [0.1, 0.15) is 4.90 Å². The van der Waals surface area contributed by atoms with E-state index < -0.39 is 10.0 Å². The number of aliphatic hydroxyl groups excluding tert-OH is 1. The van der Waals surface area contributed by atoms with Crippen molar-refractivity contribution in [1.29, 1.82) is 0 Å². The highest BCUT2D eigenvalue weighted by atomic mass is 35.5. The zero-order valence-corrected chi connectivity index (χ0v) is 13.8. The van der Waals surface area contributed by atoms with Gasteiger partial charge in [0.2, 0.25) is 10.0 Å². The fraction of sp³-hybridized carbons (Fsp3) is 0.571. The maximum Gasteiger partial charge on any atom is 0.244 e. The number of sulfonamides is 1. The SMILES string of the molecule is CCCCCCN(CCO)S(=O)(=O)c1cc(N)ccc1Cl. The van der Waals surface area contributed by atoms with Gasteiger partial charge in [0.25, 0.3) is 0 Å². The number of benzene rings is 1. The Kier molecular flexibility index (Phi) is 7.45. The molecule has 7 heteroatoms. The van der Waals surface area contributed by atoms with Crippen LogP contribution < -0.4 is 5.73 Å². The van der Waals surface area contributed by atoms with Gasteiger partial charge in [0.05, 0.1) is 11.6 Å². The van der Waals surface area contributed by atoms with Gasteiger partial charge in [-0.2, -0.15) is 4.31 Å². The van der Waals surface area contributed by atoms with Crippen LogP contribution in [-0.4, -0.2) is 37.5 Å². The molecule has 0 spiro atoms. The van der Waals surface area contributed by atoms with E-state index in [9.17, 15) is 8.42 Å². The first-order valence-corrected chi connectivity index (χ1v) is 8.91. The molecule has 0 saturated heterocycles. The molecule has 1 aromatic carbocycles. The lowest BCUT2D eigenvalue weighted by Crippen LogP contribution is -2.34. The second-order valence-electron chi connectivity index (χ2n) is 4.88. The Morgan fingerprint density at radius 1 is 1.24 bits per heavy atom. The summed E-state index contributed by atoms with van der Waals surface area (Å²) < 4.78 is 26.5. The molecule has 0 saturated carbocycles. The average molecular weight is 335 g/mol. The molecule has 0 heterocycles. The van der Waals surface area contributed by atoms with Crippen molar-refractivity contribution >= 4 is 27.3 Å². The Hall–Kier alpha value is -0.820. The van der Waals surface area contributed by atoms with E-state index in [2.05, 4.69) is 6.92 Å². The van der Waals surface area contributed by atoms with Gasteiger partial charge >= 0.3 is 0 Å². The van der Waals surface area contributed by atoms with Crippen molar-refractivity contribution in [2.24, 2.45) is 0 Å². The van der Waals surface area contributed by atoms with E-state index in [-0.39, 0.29) is 23.1 Å².